The van der Waals surface area contributed by atoms with Crippen molar-refractivity contribution in [3.8, 4) is 11.5 Å². The molecule has 21 heavy (non-hydrogen) atoms. The summed E-state index contributed by atoms with van der Waals surface area (Å²) in [5.41, 5.74) is -0.0440. The Bertz CT molecular complexity index is 512. The third-order valence-electron chi connectivity index (χ3n) is 3.10. The molecule has 0 radical (unpaired) electrons. The van der Waals surface area contributed by atoms with E-state index in [4.69, 9.17) is 9.47 Å². The lowest BCUT2D eigenvalue weighted by Crippen LogP contribution is -2.23. The second-order valence-corrected chi connectivity index (χ2v) is 5.99. The van der Waals surface area contributed by atoms with Gasteiger partial charge in [0.15, 0.2) is 17.3 Å². The smallest absolute Gasteiger partial charge is 0.170 e. The first-order valence-electron chi connectivity index (χ1n) is 7.17. The molecule has 0 unspecified atom stereocenters. The average molecular weight is 292 g/mol. The maximum atomic E-state index is 12.2. The fourth-order valence-electron chi connectivity index (χ4n) is 1.69. The van der Waals surface area contributed by atoms with Gasteiger partial charge in [-0.25, -0.2) is 0 Å². The standard InChI is InChI=1S/C17H24O4/c1-6-9-21-14-8-7-12(10-15(14)20-5)13(18)11-16(19)17(2,3)4/h7-8,10H,6,9,11H2,1-5H3. The Labute approximate surface area is 126 Å². The van der Waals surface area contributed by atoms with Gasteiger partial charge < -0.3 is 9.47 Å². The van der Waals surface area contributed by atoms with Gasteiger partial charge in [-0.05, 0) is 24.6 Å². The van der Waals surface area contributed by atoms with Crippen molar-refractivity contribution in [1.82, 2.24) is 0 Å². The number of hydrogen-bond acceptors (Lipinski definition) is 4. The highest BCUT2D eigenvalue weighted by molar-refractivity contribution is 6.09. The predicted molar refractivity (Wildman–Crippen MR) is 82.2 cm³/mol. The van der Waals surface area contributed by atoms with E-state index in [1.807, 2.05) is 27.7 Å². The largest absolute Gasteiger partial charge is 0.493 e. The van der Waals surface area contributed by atoms with Crippen molar-refractivity contribution in [2.45, 2.75) is 40.5 Å². The Morgan fingerprint density at radius 2 is 1.81 bits per heavy atom. The van der Waals surface area contributed by atoms with Crippen LogP contribution in [0.3, 0.4) is 0 Å². The highest BCUT2D eigenvalue weighted by Crippen LogP contribution is 2.29. The molecule has 0 bridgehead atoms. The normalized spacial score (nSPS) is 11.1. The van der Waals surface area contributed by atoms with Crippen LogP contribution in [-0.2, 0) is 4.79 Å². The number of ketones is 2. The van der Waals surface area contributed by atoms with Crippen LogP contribution in [-0.4, -0.2) is 25.3 Å². The fraction of sp³-hybridized carbons (Fsp3) is 0.529. The third-order valence-corrected chi connectivity index (χ3v) is 3.10. The summed E-state index contributed by atoms with van der Waals surface area (Å²) in [6, 6.07) is 5.01. The molecular formula is C17H24O4. The summed E-state index contributed by atoms with van der Waals surface area (Å²) >= 11 is 0. The first-order valence-corrected chi connectivity index (χ1v) is 7.17. The van der Waals surface area contributed by atoms with E-state index in [9.17, 15) is 9.59 Å². The molecule has 0 spiro atoms. The van der Waals surface area contributed by atoms with Gasteiger partial charge in [0.2, 0.25) is 0 Å². The lowest BCUT2D eigenvalue weighted by molar-refractivity contribution is -0.125. The zero-order valence-corrected chi connectivity index (χ0v) is 13.5. The summed E-state index contributed by atoms with van der Waals surface area (Å²) in [7, 11) is 1.53. The topological polar surface area (TPSA) is 52.6 Å². The number of rotatable bonds is 7. The molecule has 0 fully saturated rings. The van der Waals surface area contributed by atoms with Crippen molar-refractivity contribution in [2.24, 2.45) is 5.41 Å². The number of benzene rings is 1. The molecule has 116 valence electrons. The van der Waals surface area contributed by atoms with E-state index >= 15 is 0 Å². The van der Waals surface area contributed by atoms with Crippen LogP contribution in [0, 0.1) is 5.41 Å². The summed E-state index contributed by atoms with van der Waals surface area (Å²) in [5, 5.41) is 0. The van der Waals surface area contributed by atoms with Crippen LogP contribution in [0.25, 0.3) is 0 Å². The maximum absolute atomic E-state index is 12.2. The Morgan fingerprint density at radius 3 is 2.33 bits per heavy atom. The number of Topliss-reactive ketones (excluding diaryl/α,β-unsaturated/α-hetero) is 2. The van der Waals surface area contributed by atoms with E-state index in [-0.39, 0.29) is 18.0 Å². The zero-order chi connectivity index (χ0) is 16.0. The van der Waals surface area contributed by atoms with Crippen LogP contribution in [0.2, 0.25) is 0 Å². The van der Waals surface area contributed by atoms with E-state index in [0.29, 0.717) is 23.7 Å². The highest BCUT2D eigenvalue weighted by atomic mass is 16.5. The lowest BCUT2D eigenvalue weighted by atomic mass is 9.87. The van der Waals surface area contributed by atoms with Crippen molar-refractivity contribution in [2.75, 3.05) is 13.7 Å². The molecule has 0 aliphatic heterocycles. The second-order valence-electron chi connectivity index (χ2n) is 5.99. The van der Waals surface area contributed by atoms with Crippen LogP contribution in [0.1, 0.15) is 50.9 Å². The lowest BCUT2D eigenvalue weighted by Gasteiger charge is -2.16. The van der Waals surface area contributed by atoms with Crippen LogP contribution in [0.5, 0.6) is 11.5 Å². The second kappa shape index (κ2) is 7.25. The number of ether oxygens (including phenoxy) is 2. The Morgan fingerprint density at radius 1 is 1.14 bits per heavy atom. The molecule has 0 aliphatic rings. The molecular weight excluding hydrogens is 268 g/mol. The molecule has 0 aromatic heterocycles. The van der Waals surface area contributed by atoms with E-state index in [0.717, 1.165) is 6.42 Å². The van der Waals surface area contributed by atoms with E-state index in [1.54, 1.807) is 18.2 Å². The van der Waals surface area contributed by atoms with E-state index in [2.05, 4.69) is 0 Å². The first-order chi connectivity index (χ1) is 9.79. The van der Waals surface area contributed by atoms with Gasteiger partial charge in [0, 0.05) is 11.0 Å². The predicted octanol–water partition coefficient (Wildman–Crippen LogP) is 3.67. The maximum Gasteiger partial charge on any atom is 0.170 e. The molecule has 1 aromatic carbocycles. The van der Waals surface area contributed by atoms with Crippen LogP contribution < -0.4 is 9.47 Å². The van der Waals surface area contributed by atoms with Gasteiger partial charge in [0.1, 0.15) is 5.78 Å². The quantitative estimate of drug-likeness (QED) is 0.568. The van der Waals surface area contributed by atoms with E-state index in [1.165, 1.54) is 7.11 Å². The molecule has 0 amide bonds. The molecule has 0 atom stereocenters. The summed E-state index contributed by atoms with van der Waals surface area (Å²) in [5.74, 6) is 0.851. The molecule has 0 aliphatic carbocycles. The van der Waals surface area contributed by atoms with Gasteiger partial charge >= 0.3 is 0 Å². The number of carbonyl (C=O) groups is 2. The van der Waals surface area contributed by atoms with Gasteiger partial charge in [0.25, 0.3) is 0 Å². The van der Waals surface area contributed by atoms with Gasteiger partial charge in [-0.15, -0.1) is 0 Å². The highest BCUT2D eigenvalue weighted by Gasteiger charge is 2.24. The summed E-state index contributed by atoms with van der Waals surface area (Å²) in [4.78, 5) is 24.1. The van der Waals surface area contributed by atoms with Crippen molar-refractivity contribution in [3.63, 3.8) is 0 Å². The van der Waals surface area contributed by atoms with Crippen molar-refractivity contribution in [3.05, 3.63) is 23.8 Å². The Hall–Kier alpha value is -1.84. The number of carbonyl (C=O) groups excluding carboxylic acids is 2. The minimum absolute atomic E-state index is 0.0715. The molecule has 0 saturated heterocycles. The fourth-order valence-corrected chi connectivity index (χ4v) is 1.69. The molecule has 1 aromatic rings. The summed E-state index contributed by atoms with van der Waals surface area (Å²) < 4.78 is 10.8. The van der Waals surface area contributed by atoms with Crippen LogP contribution >= 0.6 is 0 Å². The molecule has 0 N–H and O–H groups in total. The minimum Gasteiger partial charge on any atom is -0.493 e. The van der Waals surface area contributed by atoms with Crippen LogP contribution in [0.15, 0.2) is 18.2 Å². The minimum atomic E-state index is -0.510. The van der Waals surface area contributed by atoms with Gasteiger partial charge in [0.05, 0.1) is 20.1 Å². The van der Waals surface area contributed by atoms with Crippen molar-refractivity contribution in [1.29, 1.82) is 0 Å². The van der Waals surface area contributed by atoms with E-state index < -0.39 is 5.41 Å². The molecule has 4 nitrogen and oxygen atoms in total. The first kappa shape index (κ1) is 17.2. The van der Waals surface area contributed by atoms with Gasteiger partial charge in [-0.1, -0.05) is 27.7 Å². The van der Waals surface area contributed by atoms with Crippen LogP contribution in [0.4, 0.5) is 0 Å². The van der Waals surface area contributed by atoms with Gasteiger partial charge in [-0.2, -0.15) is 0 Å². The number of methoxy groups -OCH3 is 1. The molecule has 1 rings (SSSR count). The Balaban J connectivity index is 2.89. The number of hydrogen-bond donors (Lipinski definition) is 0. The van der Waals surface area contributed by atoms with Gasteiger partial charge in [-0.3, -0.25) is 9.59 Å². The summed E-state index contributed by atoms with van der Waals surface area (Å²) in [6.07, 6.45) is 0.797. The molecule has 0 heterocycles. The zero-order valence-electron chi connectivity index (χ0n) is 13.5. The Kier molecular flexibility index (Phi) is 5.94. The third kappa shape index (κ3) is 4.88. The van der Waals surface area contributed by atoms with Crippen molar-refractivity contribution >= 4 is 11.6 Å². The van der Waals surface area contributed by atoms with Crippen molar-refractivity contribution < 1.29 is 19.1 Å². The molecule has 0 saturated carbocycles. The monoisotopic (exact) mass is 292 g/mol. The SMILES string of the molecule is CCCOc1ccc(C(=O)CC(=O)C(C)(C)C)cc1OC. The summed E-state index contributed by atoms with van der Waals surface area (Å²) in [6.45, 7) is 8.04. The molecule has 4 heteroatoms. The average Bonchev–Trinajstić information content (AvgIpc) is 2.43.